The molecule has 8 heteroatoms. The summed E-state index contributed by atoms with van der Waals surface area (Å²) in [5, 5.41) is 11.1. The van der Waals surface area contributed by atoms with Crippen molar-refractivity contribution in [2.24, 2.45) is 0 Å². The molecule has 1 aromatic carbocycles. The summed E-state index contributed by atoms with van der Waals surface area (Å²) in [4.78, 5) is 12.2. The SMILES string of the molecule is C=CCSc1nnc(NC(=O)C(C)Oc2ccccc2OC)s1. The van der Waals surface area contributed by atoms with Crippen molar-refractivity contribution in [3.8, 4) is 11.5 Å². The van der Waals surface area contributed by atoms with E-state index >= 15 is 0 Å². The molecule has 1 N–H and O–H groups in total. The van der Waals surface area contributed by atoms with Gasteiger partial charge in [-0.1, -0.05) is 41.3 Å². The number of ether oxygens (including phenoxy) is 2. The van der Waals surface area contributed by atoms with Gasteiger partial charge in [-0.05, 0) is 19.1 Å². The van der Waals surface area contributed by atoms with E-state index in [1.54, 1.807) is 32.2 Å². The first-order chi connectivity index (χ1) is 11.1. The minimum absolute atomic E-state index is 0.299. The van der Waals surface area contributed by atoms with E-state index in [1.807, 2.05) is 12.1 Å². The van der Waals surface area contributed by atoms with Gasteiger partial charge in [0, 0.05) is 5.75 Å². The van der Waals surface area contributed by atoms with Crippen molar-refractivity contribution in [2.75, 3.05) is 18.2 Å². The second kappa shape index (κ2) is 8.54. The van der Waals surface area contributed by atoms with E-state index in [9.17, 15) is 4.79 Å². The molecule has 122 valence electrons. The fraction of sp³-hybridized carbons (Fsp3) is 0.267. The number of anilines is 1. The predicted octanol–water partition coefficient (Wildman–Crippen LogP) is 3.23. The van der Waals surface area contributed by atoms with Gasteiger partial charge in [-0.15, -0.1) is 16.8 Å². The van der Waals surface area contributed by atoms with E-state index in [1.165, 1.54) is 23.1 Å². The minimum atomic E-state index is -0.695. The molecular formula is C15H17N3O3S2. The zero-order chi connectivity index (χ0) is 16.7. The number of thioether (sulfide) groups is 1. The average molecular weight is 351 g/mol. The monoisotopic (exact) mass is 351 g/mol. The number of nitrogens with zero attached hydrogens (tertiary/aromatic N) is 2. The number of benzene rings is 1. The number of hydrogen-bond donors (Lipinski definition) is 1. The summed E-state index contributed by atoms with van der Waals surface area (Å²) in [5.41, 5.74) is 0. The van der Waals surface area contributed by atoms with Crippen LogP contribution in [-0.2, 0) is 4.79 Å². The van der Waals surface area contributed by atoms with Crippen LogP contribution in [0.3, 0.4) is 0 Å². The fourth-order valence-electron chi connectivity index (χ4n) is 1.62. The molecule has 0 aliphatic heterocycles. The van der Waals surface area contributed by atoms with Crippen molar-refractivity contribution in [3.63, 3.8) is 0 Å². The molecule has 23 heavy (non-hydrogen) atoms. The largest absolute Gasteiger partial charge is 0.493 e. The molecule has 1 aromatic heterocycles. The maximum Gasteiger partial charge on any atom is 0.266 e. The first-order valence-corrected chi connectivity index (χ1v) is 8.62. The van der Waals surface area contributed by atoms with Crippen molar-refractivity contribution >= 4 is 34.1 Å². The lowest BCUT2D eigenvalue weighted by Crippen LogP contribution is -2.30. The third-order valence-corrected chi connectivity index (χ3v) is 4.67. The van der Waals surface area contributed by atoms with E-state index < -0.39 is 6.10 Å². The first kappa shape index (κ1) is 17.3. The smallest absolute Gasteiger partial charge is 0.266 e. The van der Waals surface area contributed by atoms with Crippen molar-refractivity contribution in [2.45, 2.75) is 17.4 Å². The maximum absolute atomic E-state index is 12.2. The van der Waals surface area contributed by atoms with Crippen LogP contribution >= 0.6 is 23.1 Å². The molecular weight excluding hydrogens is 334 g/mol. The van der Waals surface area contributed by atoms with Gasteiger partial charge in [-0.2, -0.15) is 0 Å². The fourth-order valence-corrected chi connectivity index (χ4v) is 3.13. The summed E-state index contributed by atoms with van der Waals surface area (Å²) in [6, 6.07) is 7.17. The summed E-state index contributed by atoms with van der Waals surface area (Å²) >= 11 is 2.83. The predicted molar refractivity (Wildman–Crippen MR) is 92.5 cm³/mol. The van der Waals surface area contributed by atoms with Crippen LogP contribution in [0.2, 0.25) is 0 Å². The van der Waals surface area contributed by atoms with Crippen LogP contribution in [0.4, 0.5) is 5.13 Å². The summed E-state index contributed by atoms with van der Waals surface area (Å²) in [5.74, 6) is 1.53. The average Bonchev–Trinajstić information content (AvgIpc) is 3.00. The molecule has 2 aromatic rings. The van der Waals surface area contributed by atoms with Crippen LogP contribution in [0.25, 0.3) is 0 Å². The van der Waals surface area contributed by atoms with Crippen LogP contribution in [0.5, 0.6) is 11.5 Å². The van der Waals surface area contributed by atoms with E-state index in [2.05, 4.69) is 22.1 Å². The molecule has 1 unspecified atom stereocenters. The van der Waals surface area contributed by atoms with Crippen LogP contribution in [0.1, 0.15) is 6.92 Å². The molecule has 1 amide bonds. The molecule has 1 atom stereocenters. The summed E-state index contributed by atoms with van der Waals surface area (Å²) in [7, 11) is 1.55. The van der Waals surface area contributed by atoms with Crippen LogP contribution in [-0.4, -0.2) is 35.1 Å². The highest BCUT2D eigenvalue weighted by molar-refractivity contribution is 8.01. The van der Waals surface area contributed by atoms with Gasteiger partial charge in [0.05, 0.1) is 7.11 Å². The molecule has 0 spiro atoms. The molecule has 0 aliphatic rings. The van der Waals surface area contributed by atoms with Gasteiger partial charge in [0.25, 0.3) is 5.91 Å². The van der Waals surface area contributed by atoms with Gasteiger partial charge < -0.3 is 9.47 Å². The maximum atomic E-state index is 12.2. The van der Waals surface area contributed by atoms with Crippen LogP contribution < -0.4 is 14.8 Å². The Labute approximate surface area is 142 Å². The molecule has 2 rings (SSSR count). The summed E-state index contributed by atoms with van der Waals surface area (Å²) in [6.07, 6.45) is 1.09. The van der Waals surface area contributed by atoms with Gasteiger partial charge in [0.15, 0.2) is 21.9 Å². The Morgan fingerprint density at radius 2 is 2.17 bits per heavy atom. The van der Waals surface area contributed by atoms with Crippen molar-refractivity contribution in [1.29, 1.82) is 0 Å². The van der Waals surface area contributed by atoms with Gasteiger partial charge in [0.2, 0.25) is 5.13 Å². The number of aromatic nitrogens is 2. The lowest BCUT2D eigenvalue weighted by atomic mass is 10.3. The van der Waals surface area contributed by atoms with Crippen molar-refractivity contribution in [1.82, 2.24) is 10.2 Å². The number of amides is 1. The topological polar surface area (TPSA) is 73.3 Å². The summed E-state index contributed by atoms with van der Waals surface area (Å²) in [6.45, 7) is 5.31. The lowest BCUT2D eigenvalue weighted by molar-refractivity contribution is -0.122. The quantitative estimate of drug-likeness (QED) is 0.447. The van der Waals surface area contributed by atoms with Crippen molar-refractivity contribution < 1.29 is 14.3 Å². The van der Waals surface area contributed by atoms with Gasteiger partial charge in [-0.3, -0.25) is 10.1 Å². The first-order valence-electron chi connectivity index (χ1n) is 6.81. The molecule has 6 nitrogen and oxygen atoms in total. The highest BCUT2D eigenvalue weighted by Gasteiger charge is 2.18. The highest BCUT2D eigenvalue weighted by atomic mass is 32.2. The Morgan fingerprint density at radius 1 is 1.43 bits per heavy atom. The molecule has 0 saturated heterocycles. The van der Waals surface area contributed by atoms with E-state index in [0.717, 1.165) is 10.1 Å². The molecule has 0 radical (unpaired) electrons. The zero-order valence-electron chi connectivity index (χ0n) is 12.8. The Balaban J connectivity index is 1.94. The number of carbonyl (C=O) groups excluding carboxylic acids is 1. The highest BCUT2D eigenvalue weighted by Crippen LogP contribution is 2.28. The van der Waals surface area contributed by atoms with Gasteiger partial charge in [0.1, 0.15) is 0 Å². The molecule has 1 heterocycles. The zero-order valence-corrected chi connectivity index (χ0v) is 14.4. The number of nitrogens with one attached hydrogen (secondary N) is 1. The number of methoxy groups -OCH3 is 1. The number of carbonyl (C=O) groups is 1. The third kappa shape index (κ3) is 4.97. The van der Waals surface area contributed by atoms with E-state index in [4.69, 9.17) is 9.47 Å². The van der Waals surface area contributed by atoms with Crippen LogP contribution in [0.15, 0.2) is 41.3 Å². The molecule has 0 saturated carbocycles. The summed E-state index contributed by atoms with van der Waals surface area (Å²) < 4.78 is 11.6. The second-order valence-electron chi connectivity index (χ2n) is 4.37. The number of hydrogen-bond acceptors (Lipinski definition) is 7. The normalized spacial score (nSPS) is 11.6. The van der Waals surface area contributed by atoms with E-state index in [0.29, 0.717) is 16.6 Å². The number of rotatable bonds is 8. The molecule has 0 bridgehead atoms. The number of para-hydroxylation sites is 2. The van der Waals surface area contributed by atoms with Crippen LogP contribution in [0, 0.1) is 0 Å². The standard InChI is InChI=1S/C15H17N3O3S2/c1-4-9-22-15-18-17-14(23-15)16-13(19)10(2)21-12-8-6-5-7-11(12)20-3/h4-8,10H,1,9H2,2-3H3,(H,16,17,19). The minimum Gasteiger partial charge on any atom is -0.493 e. The Hall–Kier alpha value is -2.06. The molecule has 0 aliphatic carbocycles. The van der Waals surface area contributed by atoms with Gasteiger partial charge in [-0.25, -0.2) is 0 Å². The van der Waals surface area contributed by atoms with Gasteiger partial charge >= 0.3 is 0 Å². The molecule has 0 fully saturated rings. The third-order valence-electron chi connectivity index (χ3n) is 2.70. The Kier molecular flexibility index (Phi) is 6.42. The second-order valence-corrected chi connectivity index (χ2v) is 6.62. The Bertz CT molecular complexity index is 675. The Morgan fingerprint density at radius 3 is 2.87 bits per heavy atom. The lowest BCUT2D eigenvalue weighted by Gasteiger charge is -2.15. The van der Waals surface area contributed by atoms with Crippen molar-refractivity contribution in [3.05, 3.63) is 36.9 Å². The van der Waals surface area contributed by atoms with E-state index in [-0.39, 0.29) is 5.91 Å².